The summed E-state index contributed by atoms with van der Waals surface area (Å²) in [6.07, 6.45) is -6.31. The molecule has 0 radical (unpaired) electrons. The van der Waals surface area contributed by atoms with Crippen LogP contribution in [0.2, 0.25) is 0 Å². The van der Waals surface area contributed by atoms with Crippen molar-refractivity contribution in [2.45, 2.75) is 123 Å². The van der Waals surface area contributed by atoms with Crippen LogP contribution in [0.4, 0.5) is 35.1 Å². The zero-order chi connectivity index (χ0) is 31.7. The van der Waals surface area contributed by atoms with Crippen LogP contribution in [0, 0.1) is 11.3 Å². The van der Waals surface area contributed by atoms with E-state index in [4.69, 9.17) is 18.9 Å². The number of alkyl halides is 8. The topological polar surface area (TPSA) is 54.0 Å². The molecule has 3 atom stereocenters. The van der Waals surface area contributed by atoms with Crippen LogP contribution in [-0.4, -0.2) is 62.4 Å². The van der Waals surface area contributed by atoms with Gasteiger partial charge in [-0.15, -0.1) is 0 Å². The highest BCUT2D eigenvalue weighted by molar-refractivity contribution is 5.75. The van der Waals surface area contributed by atoms with E-state index in [1.807, 2.05) is 6.92 Å². The molecule has 1 saturated carbocycles. The van der Waals surface area contributed by atoms with Crippen molar-refractivity contribution in [2.24, 2.45) is 11.3 Å². The van der Waals surface area contributed by atoms with Gasteiger partial charge in [-0.3, -0.25) is 4.79 Å². The Morgan fingerprint density at radius 2 is 1.22 bits per heavy atom. The molecule has 0 aromatic carbocycles. The minimum atomic E-state index is -5.81. The summed E-state index contributed by atoms with van der Waals surface area (Å²) in [5.74, 6) is -1.35. The maximum Gasteiger partial charge on any atom is 0.426 e. The van der Waals surface area contributed by atoms with E-state index < -0.39 is 53.3 Å². The van der Waals surface area contributed by atoms with Gasteiger partial charge in [-0.05, 0) is 66.7 Å². The molecular formula is C28H44F8O5. The third kappa shape index (κ3) is 10.5. The van der Waals surface area contributed by atoms with Crippen LogP contribution in [-0.2, 0) is 23.7 Å². The van der Waals surface area contributed by atoms with Gasteiger partial charge in [-0.2, -0.15) is 26.3 Å². The number of esters is 1. The number of ether oxygens (including phenoxy) is 4. The molecule has 5 nitrogen and oxygen atoms in total. The van der Waals surface area contributed by atoms with Gasteiger partial charge in [0.1, 0.15) is 6.61 Å². The highest BCUT2D eigenvalue weighted by atomic mass is 19.4. The molecule has 0 amide bonds. The van der Waals surface area contributed by atoms with Gasteiger partial charge in [0.15, 0.2) is 6.29 Å². The Hall–Kier alpha value is -1.63. The third-order valence-electron chi connectivity index (χ3n) is 7.56. The van der Waals surface area contributed by atoms with Gasteiger partial charge in [0.25, 0.3) is 0 Å². The maximum atomic E-state index is 14.6. The van der Waals surface area contributed by atoms with Crippen LogP contribution in [0.1, 0.15) is 92.9 Å². The Labute approximate surface area is 237 Å². The minimum Gasteiger partial charge on any atom is -0.498 e. The second-order valence-corrected chi connectivity index (χ2v) is 11.4. The summed E-state index contributed by atoms with van der Waals surface area (Å²) >= 11 is 0. The van der Waals surface area contributed by atoms with E-state index in [1.165, 1.54) is 0 Å². The lowest BCUT2D eigenvalue weighted by atomic mass is 9.83. The quantitative estimate of drug-likeness (QED) is 0.0575. The molecule has 0 saturated heterocycles. The smallest absolute Gasteiger partial charge is 0.426 e. The summed E-state index contributed by atoms with van der Waals surface area (Å²) in [4.78, 5) is 12.1. The Morgan fingerprint density at radius 1 is 0.732 bits per heavy atom. The predicted octanol–water partition coefficient (Wildman–Crippen LogP) is 8.56. The molecule has 13 heteroatoms. The van der Waals surface area contributed by atoms with E-state index in [2.05, 4.69) is 0 Å². The summed E-state index contributed by atoms with van der Waals surface area (Å²) in [5, 5.41) is 0. The first-order valence-corrected chi connectivity index (χ1v) is 14.0. The van der Waals surface area contributed by atoms with Crippen molar-refractivity contribution < 1.29 is 58.9 Å². The van der Waals surface area contributed by atoms with Gasteiger partial charge >= 0.3 is 18.3 Å². The largest absolute Gasteiger partial charge is 0.498 e. The molecule has 1 rings (SSSR count). The molecule has 0 aromatic heterocycles. The van der Waals surface area contributed by atoms with Crippen LogP contribution in [0.5, 0.6) is 0 Å². The fraction of sp³-hybridized carbons (Fsp3) is 0.893. The van der Waals surface area contributed by atoms with E-state index in [1.54, 1.807) is 13.8 Å². The lowest BCUT2D eigenvalue weighted by molar-refractivity contribution is -0.245. The zero-order valence-electron chi connectivity index (χ0n) is 24.7. The number of carbonyl (C=O) groups excluding carboxylic acids is 1. The number of rotatable bonds is 16. The van der Waals surface area contributed by atoms with Crippen molar-refractivity contribution in [1.82, 2.24) is 0 Å². The fourth-order valence-electron chi connectivity index (χ4n) is 4.45. The summed E-state index contributed by atoms with van der Waals surface area (Å²) in [6, 6.07) is 0. The molecule has 0 aliphatic heterocycles. The highest BCUT2D eigenvalue weighted by Crippen LogP contribution is 2.51. The number of unbranched alkanes of at least 4 members (excludes halogenated alkanes) is 1. The van der Waals surface area contributed by atoms with Crippen LogP contribution in [0.3, 0.4) is 0 Å². The molecule has 0 N–H and O–H groups in total. The van der Waals surface area contributed by atoms with Gasteiger partial charge < -0.3 is 18.9 Å². The van der Waals surface area contributed by atoms with E-state index >= 15 is 0 Å². The number of halogens is 8. The number of hydrogen-bond donors (Lipinski definition) is 0. The second kappa shape index (κ2) is 15.2. The van der Waals surface area contributed by atoms with Gasteiger partial charge in [-0.1, -0.05) is 26.2 Å². The summed E-state index contributed by atoms with van der Waals surface area (Å²) in [6.45, 7) is 5.71. The SMILES string of the molecule is CCC(C)(C)C(=O)OCCOC(OCCCCOC(C)=C(C(C)(F)C(F)(F)F)C(C)(F)C(F)(F)F)C1CCCCC1. The van der Waals surface area contributed by atoms with Crippen molar-refractivity contribution in [1.29, 1.82) is 0 Å². The number of carbonyl (C=O) groups is 1. The number of allylic oxidation sites excluding steroid dienone is 2. The molecule has 1 fully saturated rings. The lowest BCUT2D eigenvalue weighted by Crippen LogP contribution is -2.52. The second-order valence-electron chi connectivity index (χ2n) is 11.4. The number of hydrogen-bond acceptors (Lipinski definition) is 5. The molecule has 3 unspecified atom stereocenters. The molecule has 1 aliphatic rings. The first kappa shape index (κ1) is 37.4. The van der Waals surface area contributed by atoms with Crippen LogP contribution in [0.25, 0.3) is 0 Å². The molecular weight excluding hydrogens is 568 g/mol. The first-order valence-electron chi connectivity index (χ1n) is 14.0. The normalized spacial score (nSPS) is 19.2. The summed E-state index contributed by atoms with van der Waals surface area (Å²) < 4.78 is 131. The summed E-state index contributed by atoms with van der Waals surface area (Å²) in [5.41, 5.74) is -12.0. The van der Waals surface area contributed by atoms with Gasteiger partial charge in [0, 0.05) is 12.5 Å². The Morgan fingerprint density at radius 3 is 1.71 bits per heavy atom. The van der Waals surface area contributed by atoms with Gasteiger partial charge in [-0.25, -0.2) is 8.78 Å². The maximum absolute atomic E-state index is 14.6. The van der Waals surface area contributed by atoms with E-state index in [-0.39, 0.29) is 58.4 Å². The lowest BCUT2D eigenvalue weighted by Gasteiger charge is -2.36. The van der Waals surface area contributed by atoms with Crippen LogP contribution in [0.15, 0.2) is 11.3 Å². The Bertz CT molecular complexity index is 815. The summed E-state index contributed by atoms with van der Waals surface area (Å²) in [7, 11) is 0. The van der Waals surface area contributed by atoms with Crippen molar-refractivity contribution in [3.63, 3.8) is 0 Å². The Balaban J connectivity index is 2.73. The average molecular weight is 613 g/mol. The molecule has 0 spiro atoms. The molecule has 0 bridgehead atoms. The molecule has 0 heterocycles. The van der Waals surface area contributed by atoms with Crippen LogP contribution >= 0.6 is 0 Å². The van der Waals surface area contributed by atoms with Crippen molar-refractivity contribution in [3.8, 4) is 0 Å². The average Bonchev–Trinajstić information content (AvgIpc) is 2.85. The van der Waals surface area contributed by atoms with E-state index in [0.29, 0.717) is 13.3 Å². The first-order chi connectivity index (χ1) is 18.7. The van der Waals surface area contributed by atoms with Crippen molar-refractivity contribution in [2.75, 3.05) is 26.4 Å². The molecule has 41 heavy (non-hydrogen) atoms. The fourth-order valence-corrected chi connectivity index (χ4v) is 4.45. The van der Waals surface area contributed by atoms with Gasteiger partial charge in [0.2, 0.25) is 11.3 Å². The third-order valence-corrected chi connectivity index (χ3v) is 7.56. The zero-order valence-corrected chi connectivity index (χ0v) is 24.7. The standard InChI is InChI=1S/C28H44F8O5/c1-7-24(3,4)23(37)41-18-17-40-22(20-13-9-8-10-14-20)39-16-12-11-15-38-19(2)21(25(5,29)27(31,32)33)26(6,30)28(34,35)36/h20,22H,7-18H2,1-6H3. The minimum absolute atomic E-state index is 0.0491. The van der Waals surface area contributed by atoms with Crippen LogP contribution < -0.4 is 0 Å². The highest BCUT2D eigenvalue weighted by Gasteiger charge is 2.67. The van der Waals surface area contributed by atoms with Crippen molar-refractivity contribution >= 4 is 5.97 Å². The molecule has 0 aromatic rings. The van der Waals surface area contributed by atoms with E-state index in [9.17, 15) is 39.9 Å². The molecule has 1 aliphatic carbocycles. The predicted molar refractivity (Wildman–Crippen MR) is 136 cm³/mol. The van der Waals surface area contributed by atoms with Crippen molar-refractivity contribution in [3.05, 3.63) is 11.3 Å². The monoisotopic (exact) mass is 612 g/mol. The van der Waals surface area contributed by atoms with Gasteiger partial charge in [0.05, 0.1) is 30.0 Å². The Kier molecular flexibility index (Phi) is 13.9. The molecule has 242 valence electrons. The van der Waals surface area contributed by atoms with E-state index in [0.717, 1.165) is 32.1 Å².